The van der Waals surface area contributed by atoms with Crippen molar-refractivity contribution < 1.29 is 19.1 Å². The Bertz CT molecular complexity index is 1310. The molecule has 2 atom stereocenters. The summed E-state index contributed by atoms with van der Waals surface area (Å²) in [5, 5.41) is 3.55. The highest BCUT2D eigenvalue weighted by Gasteiger charge is 2.45. The minimum atomic E-state index is -0.454. The van der Waals surface area contributed by atoms with Gasteiger partial charge in [0.2, 0.25) is 5.91 Å². The lowest BCUT2D eigenvalue weighted by Gasteiger charge is -2.40. The zero-order valence-electron chi connectivity index (χ0n) is 21.9. The van der Waals surface area contributed by atoms with E-state index in [-0.39, 0.29) is 23.0 Å². The summed E-state index contributed by atoms with van der Waals surface area (Å²) in [5.41, 5.74) is 4.14. The number of nitrogens with one attached hydrogen (secondary N) is 1. The quantitative estimate of drug-likeness (QED) is 0.537. The summed E-state index contributed by atoms with van der Waals surface area (Å²) in [4.78, 5) is 28.7. The molecule has 1 heterocycles. The summed E-state index contributed by atoms with van der Waals surface area (Å²) >= 11 is 0. The molecule has 2 aromatic rings. The molecule has 0 aromatic heterocycles. The van der Waals surface area contributed by atoms with Gasteiger partial charge in [0.1, 0.15) is 12.4 Å². The Balaban J connectivity index is 1.54. The van der Waals surface area contributed by atoms with Crippen molar-refractivity contribution in [1.82, 2.24) is 0 Å². The van der Waals surface area contributed by atoms with Crippen LogP contribution in [0.2, 0.25) is 0 Å². The van der Waals surface area contributed by atoms with E-state index in [1.54, 1.807) is 18.9 Å². The van der Waals surface area contributed by atoms with Crippen LogP contribution in [-0.2, 0) is 25.7 Å². The van der Waals surface area contributed by atoms with Gasteiger partial charge in [-0.3, -0.25) is 9.59 Å². The number of hydrogen-bond donors (Lipinski definition) is 1. The average molecular weight is 499 g/mol. The molecule has 0 saturated heterocycles. The van der Waals surface area contributed by atoms with E-state index in [9.17, 15) is 9.59 Å². The van der Waals surface area contributed by atoms with E-state index < -0.39 is 6.04 Å². The molecule has 1 aliphatic heterocycles. The number of benzene rings is 2. The number of nitrogens with zero attached hydrogens (tertiary/aromatic N) is 1. The van der Waals surface area contributed by atoms with E-state index in [0.717, 1.165) is 29.1 Å². The maximum Gasteiger partial charge on any atom is 0.224 e. The van der Waals surface area contributed by atoms with Crippen molar-refractivity contribution in [2.45, 2.75) is 52.7 Å². The van der Waals surface area contributed by atoms with Gasteiger partial charge in [0.15, 0.2) is 11.5 Å². The van der Waals surface area contributed by atoms with E-state index in [1.165, 1.54) is 0 Å². The maximum atomic E-state index is 13.7. The van der Waals surface area contributed by atoms with E-state index >= 15 is 0 Å². The topological polar surface area (TPSA) is 67.9 Å². The number of hydrogen-bond acceptors (Lipinski definition) is 5. The van der Waals surface area contributed by atoms with Crippen molar-refractivity contribution in [2.24, 2.45) is 11.3 Å². The van der Waals surface area contributed by atoms with Crippen LogP contribution in [0.15, 0.2) is 89.5 Å². The highest BCUT2D eigenvalue weighted by atomic mass is 16.5. The second-order valence-corrected chi connectivity index (χ2v) is 10.8. The largest absolute Gasteiger partial charge is 0.497 e. The molecule has 2 aliphatic carbocycles. The van der Waals surface area contributed by atoms with Gasteiger partial charge in [-0.05, 0) is 35.6 Å². The van der Waals surface area contributed by atoms with Crippen LogP contribution in [-0.4, -0.2) is 24.8 Å². The Morgan fingerprint density at radius 2 is 1.81 bits per heavy atom. The second-order valence-electron chi connectivity index (χ2n) is 10.8. The number of methoxy groups -OCH3 is 1. The number of ether oxygens (including phenoxy) is 2. The van der Waals surface area contributed by atoms with Crippen molar-refractivity contribution in [3.8, 4) is 0 Å². The number of carbonyl (C=O) groups excluding carboxylic acids is 2. The van der Waals surface area contributed by atoms with Gasteiger partial charge in [0.05, 0.1) is 24.5 Å². The van der Waals surface area contributed by atoms with Crippen LogP contribution in [0.3, 0.4) is 0 Å². The lowest BCUT2D eigenvalue weighted by Crippen LogP contribution is -2.48. The lowest BCUT2D eigenvalue weighted by atomic mass is 9.71. The summed E-state index contributed by atoms with van der Waals surface area (Å²) < 4.78 is 11.9. The fraction of sp³-hybridized carbons (Fsp3) is 0.355. The summed E-state index contributed by atoms with van der Waals surface area (Å²) in [5.74, 6) is 1.21. The van der Waals surface area contributed by atoms with Gasteiger partial charge < -0.3 is 19.7 Å². The second kappa shape index (κ2) is 9.92. The first-order valence-electron chi connectivity index (χ1n) is 12.8. The fourth-order valence-electron chi connectivity index (χ4n) is 5.74. The SMILES string of the molecule is COC1=C(OCc2ccccc2)C=CC(C2C3=C(CC(C)(C)CC3=O)Nc3ccccc3N2C(C)=O)C1. The summed E-state index contributed by atoms with van der Waals surface area (Å²) in [7, 11) is 1.64. The van der Waals surface area contributed by atoms with Crippen LogP contribution >= 0.6 is 0 Å². The third kappa shape index (κ3) is 4.93. The number of carbonyl (C=O) groups is 2. The standard InChI is InChI=1S/C31H34N2O4/c1-20(34)33-25-13-9-8-12-23(25)32-24-17-31(2,3)18-26(35)29(24)30(33)22-14-15-27(28(16-22)36-4)37-19-21-10-6-5-7-11-21/h5-15,22,30,32H,16-19H2,1-4H3. The molecule has 6 heteroatoms. The number of rotatable bonds is 5. The van der Waals surface area contributed by atoms with Crippen molar-refractivity contribution in [3.63, 3.8) is 0 Å². The molecule has 37 heavy (non-hydrogen) atoms. The Kier molecular flexibility index (Phi) is 6.67. The predicted octanol–water partition coefficient (Wildman–Crippen LogP) is 6.13. The van der Waals surface area contributed by atoms with Crippen LogP contribution in [0, 0.1) is 11.3 Å². The molecule has 2 aromatic carbocycles. The third-order valence-corrected chi connectivity index (χ3v) is 7.36. The van der Waals surface area contributed by atoms with E-state index in [1.807, 2.05) is 60.7 Å². The lowest BCUT2D eigenvalue weighted by molar-refractivity contribution is -0.118. The Morgan fingerprint density at radius 3 is 2.54 bits per heavy atom. The monoisotopic (exact) mass is 498 g/mol. The predicted molar refractivity (Wildman–Crippen MR) is 145 cm³/mol. The summed E-state index contributed by atoms with van der Waals surface area (Å²) in [6.07, 6.45) is 5.69. The average Bonchev–Trinajstić information content (AvgIpc) is 3.01. The summed E-state index contributed by atoms with van der Waals surface area (Å²) in [6.45, 7) is 6.24. The molecule has 1 N–H and O–H groups in total. The number of anilines is 2. The molecule has 3 aliphatic rings. The van der Waals surface area contributed by atoms with Crippen molar-refractivity contribution in [2.75, 3.05) is 17.3 Å². The normalized spacial score (nSPS) is 22.6. The molecular weight excluding hydrogens is 464 g/mol. The van der Waals surface area contributed by atoms with Crippen LogP contribution in [0.5, 0.6) is 0 Å². The molecule has 0 radical (unpaired) electrons. The fourth-order valence-corrected chi connectivity index (χ4v) is 5.74. The van der Waals surface area contributed by atoms with Gasteiger partial charge in [-0.1, -0.05) is 62.4 Å². The molecule has 0 spiro atoms. The number of allylic oxidation sites excluding steroid dienone is 3. The first kappa shape index (κ1) is 24.9. The van der Waals surface area contributed by atoms with Gasteiger partial charge in [-0.25, -0.2) is 0 Å². The molecular formula is C31H34N2O4. The van der Waals surface area contributed by atoms with Crippen molar-refractivity contribution >= 4 is 23.1 Å². The van der Waals surface area contributed by atoms with E-state index in [2.05, 4.69) is 25.2 Å². The molecule has 0 bridgehead atoms. The Morgan fingerprint density at radius 1 is 1.08 bits per heavy atom. The van der Waals surface area contributed by atoms with E-state index in [4.69, 9.17) is 9.47 Å². The van der Waals surface area contributed by atoms with Gasteiger partial charge >= 0.3 is 0 Å². The Hall–Kier alpha value is -3.80. The molecule has 0 fully saturated rings. The first-order valence-corrected chi connectivity index (χ1v) is 12.8. The van der Waals surface area contributed by atoms with Crippen LogP contribution in [0.1, 0.15) is 45.6 Å². The smallest absolute Gasteiger partial charge is 0.224 e. The van der Waals surface area contributed by atoms with E-state index in [0.29, 0.717) is 36.5 Å². The minimum absolute atomic E-state index is 0.0882. The summed E-state index contributed by atoms with van der Waals surface area (Å²) in [6, 6.07) is 17.3. The van der Waals surface area contributed by atoms with Gasteiger partial charge in [-0.2, -0.15) is 0 Å². The molecule has 6 nitrogen and oxygen atoms in total. The van der Waals surface area contributed by atoms with Crippen LogP contribution < -0.4 is 10.2 Å². The highest BCUT2D eigenvalue weighted by Crippen LogP contribution is 2.46. The minimum Gasteiger partial charge on any atom is -0.497 e. The molecule has 192 valence electrons. The molecule has 0 saturated carbocycles. The van der Waals surface area contributed by atoms with Gasteiger partial charge in [0.25, 0.3) is 0 Å². The first-order chi connectivity index (χ1) is 17.8. The zero-order valence-corrected chi connectivity index (χ0v) is 21.9. The van der Waals surface area contributed by atoms with Crippen molar-refractivity contribution in [3.05, 3.63) is 95.1 Å². The highest BCUT2D eigenvalue weighted by molar-refractivity contribution is 6.05. The number of amides is 1. The number of fused-ring (bicyclic) bond motifs is 1. The number of Topliss-reactive ketones (excluding diaryl/α,β-unsaturated/α-hetero) is 1. The number of ketones is 1. The molecule has 2 unspecified atom stereocenters. The maximum absolute atomic E-state index is 13.7. The molecule has 1 amide bonds. The van der Waals surface area contributed by atoms with Gasteiger partial charge in [0, 0.05) is 37.0 Å². The van der Waals surface area contributed by atoms with Crippen LogP contribution in [0.25, 0.3) is 0 Å². The van der Waals surface area contributed by atoms with Gasteiger partial charge in [-0.15, -0.1) is 0 Å². The van der Waals surface area contributed by atoms with Crippen LogP contribution in [0.4, 0.5) is 11.4 Å². The Labute approximate surface area is 218 Å². The molecule has 5 rings (SSSR count). The zero-order chi connectivity index (χ0) is 26.2. The van der Waals surface area contributed by atoms with Crippen molar-refractivity contribution in [1.29, 1.82) is 0 Å². The third-order valence-electron chi connectivity index (χ3n) is 7.36. The number of para-hydroxylation sites is 2.